The molecule has 0 aliphatic carbocycles. The number of hydrogen-bond acceptors (Lipinski definition) is 4. The Kier molecular flexibility index (Phi) is 13.1. The fourth-order valence-corrected chi connectivity index (χ4v) is 5.24. The average Bonchev–Trinajstić information content (AvgIpc) is 3.09. The van der Waals surface area contributed by atoms with Gasteiger partial charge in [0.1, 0.15) is 0 Å². The summed E-state index contributed by atoms with van der Waals surface area (Å²) in [6.07, 6.45) is 14.5. The number of likely N-dealkylation sites (tertiary alicyclic amines) is 1. The molecule has 0 N–H and O–H groups in total. The van der Waals surface area contributed by atoms with Gasteiger partial charge in [-0.05, 0) is 25.7 Å². The van der Waals surface area contributed by atoms with Crippen LogP contribution in [-0.2, 0) is 20.0 Å². The highest BCUT2D eigenvalue weighted by Gasteiger charge is 2.46. The lowest BCUT2D eigenvalue weighted by Crippen LogP contribution is -2.46. The summed E-state index contributed by atoms with van der Waals surface area (Å²) in [4.78, 5) is 0. The van der Waals surface area contributed by atoms with Crippen LogP contribution >= 0.6 is 0 Å². The zero-order valence-electron chi connectivity index (χ0n) is 18.5. The quantitative estimate of drug-likeness (QED) is 0.185. The normalized spacial score (nSPS) is 17.1. The summed E-state index contributed by atoms with van der Waals surface area (Å²) in [5.74, 6) is 0. The van der Waals surface area contributed by atoms with E-state index in [0.29, 0.717) is 0 Å². The lowest BCUT2D eigenvalue weighted by molar-refractivity contribution is -0.917. The van der Waals surface area contributed by atoms with Crippen molar-refractivity contribution < 1.29 is 47.7 Å². The van der Waals surface area contributed by atoms with Gasteiger partial charge in [0, 0.05) is 12.8 Å². The van der Waals surface area contributed by atoms with Crippen molar-refractivity contribution in [1.82, 2.24) is 0 Å². The van der Waals surface area contributed by atoms with Gasteiger partial charge in [0.05, 0.1) is 26.2 Å². The van der Waals surface area contributed by atoms with E-state index in [2.05, 4.69) is 13.8 Å². The van der Waals surface area contributed by atoms with Gasteiger partial charge in [-0.2, -0.15) is 26.3 Å². The fourth-order valence-electron chi connectivity index (χ4n) is 3.53. The Hall–Kier alpha value is -0.600. The largest absolute Gasteiger partial charge is 0.480 e. The lowest BCUT2D eigenvalue weighted by atomic mass is 10.1. The van der Waals surface area contributed by atoms with Crippen molar-refractivity contribution in [2.75, 3.05) is 26.2 Å². The van der Waals surface area contributed by atoms with Crippen LogP contribution in [0.25, 0.3) is 4.13 Å². The summed E-state index contributed by atoms with van der Waals surface area (Å²) < 4.78 is 111. The van der Waals surface area contributed by atoms with Gasteiger partial charge in [0.2, 0.25) is 0 Å². The van der Waals surface area contributed by atoms with Crippen LogP contribution in [0, 0.1) is 0 Å². The highest BCUT2D eigenvalue weighted by molar-refractivity contribution is 8.13. The molecular formula is C18H34F6N2O4S2. The van der Waals surface area contributed by atoms with Crippen LogP contribution in [0.3, 0.4) is 0 Å². The first kappa shape index (κ1) is 31.4. The molecule has 0 spiro atoms. The van der Waals surface area contributed by atoms with E-state index in [0.717, 1.165) is 4.13 Å². The molecule has 1 saturated heterocycles. The molecule has 32 heavy (non-hydrogen) atoms. The van der Waals surface area contributed by atoms with Crippen LogP contribution in [0.5, 0.6) is 0 Å². The van der Waals surface area contributed by atoms with E-state index in [1.807, 2.05) is 0 Å². The first-order valence-corrected chi connectivity index (χ1v) is 13.6. The van der Waals surface area contributed by atoms with Gasteiger partial charge in [0.15, 0.2) is 20.0 Å². The molecule has 0 unspecified atom stereocenters. The predicted octanol–water partition coefficient (Wildman–Crippen LogP) is 5.82. The first-order chi connectivity index (χ1) is 14.5. The van der Waals surface area contributed by atoms with Crippen LogP contribution in [0.1, 0.15) is 78.1 Å². The van der Waals surface area contributed by atoms with Crippen LogP contribution in [-0.4, -0.2) is 58.5 Å². The zero-order valence-corrected chi connectivity index (χ0v) is 20.1. The molecule has 0 aromatic carbocycles. The molecule has 1 fully saturated rings. The molecule has 0 radical (unpaired) electrons. The SMILES string of the molecule is CCCCCC[N+]1(CCCCCC)CCCC1.O=S(=O)([N-]S(=O)(=O)C(F)(F)F)C(F)(F)F. The van der Waals surface area contributed by atoms with Crippen LogP contribution in [0.4, 0.5) is 26.3 Å². The molecule has 6 nitrogen and oxygen atoms in total. The standard InChI is InChI=1S/C16H34N.C2F6NO4S2/c1-3-5-7-9-13-17(15-11-12-16-17)14-10-8-6-4-2;3-1(4,5)14(10,11)9-15(12,13)2(6,7)8/h3-16H2,1-2H3;/q+1;-1. The molecule has 0 aromatic rings. The molecule has 1 heterocycles. The minimum absolute atomic E-state index is 0.778. The van der Waals surface area contributed by atoms with Crippen LogP contribution < -0.4 is 0 Å². The van der Waals surface area contributed by atoms with Gasteiger partial charge >= 0.3 is 11.0 Å². The maximum atomic E-state index is 11.4. The second-order valence-electron chi connectivity index (χ2n) is 7.98. The van der Waals surface area contributed by atoms with Crippen molar-refractivity contribution in [3.63, 3.8) is 0 Å². The monoisotopic (exact) mass is 520 g/mol. The van der Waals surface area contributed by atoms with E-state index in [1.165, 1.54) is 94.9 Å². The van der Waals surface area contributed by atoms with Crippen molar-refractivity contribution in [2.45, 2.75) is 89.1 Å². The maximum absolute atomic E-state index is 11.4. The minimum Gasteiger partial charge on any atom is -0.421 e. The summed E-state index contributed by atoms with van der Waals surface area (Å²) in [5, 5.41) is 0. The molecule has 1 rings (SSSR count). The van der Waals surface area contributed by atoms with Gasteiger partial charge in [-0.15, -0.1) is 0 Å². The van der Waals surface area contributed by atoms with E-state index in [4.69, 9.17) is 0 Å². The number of quaternary nitrogens is 1. The molecule has 0 bridgehead atoms. The Labute approximate surface area is 187 Å². The van der Waals surface area contributed by atoms with Gasteiger partial charge in [-0.3, -0.25) is 0 Å². The second kappa shape index (κ2) is 13.3. The zero-order chi connectivity index (χ0) is 25.1. The second-order valence-corrected chi connectivity index (χ2v) is 11.4. The van der Waals surface area contributed by atoms with E-state index in [9.17, 15) is 43.2 Å². The maximum Gasteiger partial charge on any atom is 0.480 e. The summed E-state index contributed by atoms with van der Waals surface area (Å²) >= 11 is 0. The molecule has 14 heteroatoms. The molecule has 0 amide bonds. The van der Waals surface area contributed by atoms with Crippen molar-refractivity contribution in [2.24, 2.45) is 0 Å². The van der Waals surface area contributed by atoms with E-state index in [-0.39, 0.29) is 0 Å². The van der Waals surface area contributed by atoms with E-state index in [1.54, 1.807) is 0 Å². The number of rotatable bonds is 12. The Morgan fingerprint density at radius 2 is 1.00 bits per heavy atom. The number of sulfonamides is 2. The Morgan fingerprint density at radius 3 is 1.28 bits per heavy atom. The highest BCUT2D eigenvalue weighted by atomic mass is 32.3. The summed E-state index contributed by atoms with van der Waals surface area (Å²) in [5.41, 5.74) is -12.4. The molecule has 0 aromatic heterocycles. The molecule has 0 atom stereocenters. The fraction of sp³-hybridized carbons (Fsp3) is 1.00. The Morgan fingerprint density at radius 1 is 0.656 bits per heavy atom. The highest BCUT2D eigenvalue weighted by Crippen LogP contribution is 2.36. The van der Waals surface area contributed by atoms with Crippen molar-refractivity contribution in [3.05, 3.63) is 4.13 Å². The third-order valence-electron chi connectivity index (χ3n) is 5.27. The van der Waals surface area contributed by atoms with Crippen LogP contribution in [0.15, 0.2) is 0 Å². The summed E-state index contributed by atoms with van der Waals surface area (Å²) in [7, 11) is -13.4. The van der Waals surface area contributed by atoms with Gasteiger partial charge in [-0.1, -0.05) is 39.5 Å². The molecule has 194 valence electrons. The van der Waals surface area contributed by atoms with Crippen molar-refractivity contribution >= 4 is 20.0 Å². The van der Waals surface area contributed by atoms with Crippen molar-refractivity contribution in [1.29, 1.82) is 0 Å². The Balaban J connectivity index is 0.000000607. The number of unbranched alkanes of at least 4 members (excludes halogenated alkanes) is 6. The molecule has 0 saturated carbocycles. The predicted molar refractivity (Wildman–Crippen MR) is 111 cm³/mol. The average molecular weight is 521 g/mol. The molecule has 1 aliphatic rings. The van der Waals surface area contributed by atoms with Crippen molar-refractivity contribution in [3.8, 4) is 0 Å². The Bertz CT molecular complexity index is 676. The smallest absolute Gasteiger partial charge is 0.421 e. The first-order valence-electron chi connectivity index (χ1n) is 10.8. The van der Waals surface area contributed by atoms with Gasteiger partial charge in [0.25, 0.3) is 0 Å². The third-order valence-corrected chi connectivity index (χ3v) is 8.01. The number of halogens is 6. The third kappa shape index (κ3) is 11.0. The topological polar surface area (TPSA) is 82.4 Å². The number of nitrogens with zero attached hydrogens (tertiary/aromatic N) is 2. The van der Waals surface area contributed by atoms with Gasteiger partial charge in [-0.25, -0.2) is 16.8 Å². The minimum atomic E-state index is -6.72. The lowest BCUT2D eigenvalue weighted by Gasteiger charge is -2.34. The molecule has 1 aliphatic heterocycles. The van der Waals surface area contributed by atoms with Crippen LogP contribution in [0.2, 0.25) is 0 Å². The number of alkyl halides is 6. The molecular weight excluding hydrogens is 486 g/mol. The van der Waals surface area contributed by atoms with Gasteiger partial charge < -0.3 is 8.61 Å². The summed E-state index contributed by atoms with van der Waals surface area (Å²) in [6.45, 7) is 10.5. The number of hydrogen-bond donors (Lipinski definition) is 0. The van der Waals surface area contributed by atoms with E-state index >= 15 is 0 Å². The summed E-state index contributed by atoms with van der Waals surface area (Å²) in [6, 6.07) is 0. The van der Waals surface area contributed by atoms with E-state index < -0.39 is 31.1 Å².